The van der Waals surface area contributed by atoms with Crippen molar-refractivity contribution in [1.82, 2.24) is 9.78 Å². The molecule has 6 nitrogen and oxygen atoms in total. The monoisotopic (exact) mass is 301 g/mol. The molecule has 0 saturated heterocycles. The van der Waals surface area contributed by atoms with Gasteiger partial charge in [0.25, 0.3) is 0 Å². The fourth-order valence-corrected chi connectivity index (χ4v) is 2.29. The van der Waals surface area contributed by atoms with Gasteiger partial charge in [0.05, 0.1) is 24.9 Å². The number of benzene rings is 1. The molecule has 1 heterocycles. The molecule has 0 saturated carbocycles. The average Bonchev–Trinajstić information content (AvgIpc) is 2.74. The minimum atomic E-state index is 0.369. The fourth-order valence-electron chi connectivity index (χ4n) is 2.29. The standard InChI is InChI=1S/C16H23N5O/c1-10-6-7-13(8-11(10)2)19-16(17)18-9-14-12(3)20-21(4)15(14)22-5/h6-8H,9H2,1-5H3,(H3,17,18,19). The van der Waals surface area contributed by atoms with E-state index in [9.17, 15) is 0 Å². The van der Waals surface area contributed by atoms with E-state index < -0.39 is 0 Å². The van der Waals surface area contributed by atoms with E-state index in [0.29, 0.717) is 18.4 Å². The van der Waals surface area contributed by atoms with Gasteiger partial charge in [-0.1, -0.05) is 6.07 Å². The highest BCUT2D eigenvalue weighted by atomic mass is 16.5. The Bertz CT molecular complexity index is 703. The summed E-state index contributed by atoms with van der Waals surface area (Å²) in [7, 11) is 3.47. The van der Waals surface area contributed by atoms with E-state index in [1.54, 1.807) is 11.8 Å². The van der Waals surface area contributed by atoms with Gasteiger partial charge in [-0.15, -0.1) is 0 Å². The molecule has 1 aromatic carbocycles. The quantitative estimate of drug-likeness (QED) is 0.671. The number of hydrogen-bond donors (Lipinski definition) is 2. The summed E-state index contributed by atoms with van der Waals surface area (Å²) in [5, 5.41) is 7.43. The molecule has 6 heteroatoms. The minimum absolute atomic E-state index is 0.369. The Hall–Kier alpha value is -2.50. The number of aliphatic imine (C=N–C) groups is 1. The first-order valence-electron chi connectivity index (χ1n) is 7.13. The predicted octanol–water partition coefficient (Wildman–Crippen LogP) is 2.28. The maximum atomic E-state index is 5.96. The van der Waals surface area contributed by atoms with Gasteiger partial charge in [0.1, 0.15) is 0 Å². The molecule has 0 aliphatic heterocycles. The number of aryl methyl sites for hydroxylation is 4. The Morgan fingerprint density at radius 1 is 1.32 bits per heavy atom. The van der Waals surface area contributed by atoms with Gasteiger partial charge in [-0.25, -0.2) is 9.67 Å². The first kappa shape index (κ1) is 15.9. The molecule has 2 rings (SSSR count). The molecular weight excluding hydrogens is 278 g/mol. The third-order valence-corrected chi connectivity index (χ3v) is 3.67. The van der Waals surface area contributed by atoms with Crippen molar-refractivity contribution < 1.29 is 4.74 Å². The smallest absolute Gasteiger partial charge is 0.216 e. The summed E-state index contributed by atoms with van der Waals surface area (Å²) in [4.78, 5) is 4.37. The van der Waals surface area contributed by atoms with Gasteiger partial charge < -0.3 is 15.8 Å². The maximum absolute atomic E-state index is 5.96. The van der Waals surface area contributed by atoms with Gasteiger partial charge in [-0.2, -0.15) is 5.10 Å². The van der Waals surface area contributed by atoms with Crippen molar-refractivity contribution in [2.75, 3.05) is 12.4 Å². The molecule has 0 amide bonds. The van der Waals surface area contributed by atoms with Crippen LogP contribution >= 0.6 is 0 Å². The van der Waals surface area contributed by atoms with E-state index in [2.05, 4.69) is 35.3 Å². The Balaban J connectivity index is 2.11. The number of aromatic nitrogens is 2. The van der Waals surface area contributed by atoms with E-state index in [1.807, 2.05) is 26.1 Å². The fraction of sp³-hybridized carbons (Fsp3) is 0.375. The Kier molecular flexibility index (Phi) is 4.70. The average molecular weight is 301 g/mol. The van der Waals surface area contributed by atoms with Crippen molar-refractivity contribution in [3.63, 3.8) is 0 Å². The lowest BCUT2D eigenvalue weighted by Crippen LogP contribution is -2.22. The Labute approximate surface area is 131 Å². The van der Waals surface area contributed by atoms with Gasteiger partial charge in [0, 0.05) is 12.7 Å². The molecule has 0 fully saturated rings. The van der Waals surface area contributed by atoms with Crippen LogP contribution in [-0.2, 0) is 13.6 Å². The third-order valence-electron chi connectivity index (χ3n) is 3.67. The molecule has 1 aromatic heterocycles. The van der Waals surface area contributed by atoms with Crippen molar-refractivity contribution in [3.8, 4) is 5.88 Å². The van der Waals surface area contributed by atoms with Crippen molar-refractivity contribution in [3.05, 3.63) is 40.6 Å². The highest BCUT2D eigenvalue weighted by Gasteiger charge is 2.13. The molecule has 2 aromatic rings. The van der Waals surface area contributed by atoms with E-state index in [-0.39, 0.29) is 0 Å². The molecule has 0 bridgehead atoms. The summed E-state index contributed by atoms with van der Waals surface area (Å²) in [5.74, 6) is 1.08. The summed E-state index contributed by atoms with van der Waals surface area (Å²) in [6.07, 6.45) is 0. The number of hydrogen-bond acceptors (Lipinski definition) is 3. The van der Waals surface area contributed by atoms with Crippen LogP contribution in [0.15, 0.2) is 23.2 Å². The van der Waals surface area contributed by atoms with Crippen LogP contribution in [0.4, 0.5) is 5.69 Å². The van der Waals surface area contributed by atoms with Crippen LogP contribution in [0.3, 0.4) is 0 Å². The van der Waals surface area contributed by atoms with Crippen molar-refractivity contribution in [2.45, 2.75) is 27.3 Å². The van der Waals surface area contributed by atoms with Gasteiger partial charge >= 0.3 is 0 Å². The summed E-state index contributed by atoms with van der Waals surface area (Å²) in [6.45, 7) is 6.50. The maximum Gasteiger partial charge on any atom is 0.216 e. The van der Waals surface area contributed by atoms with Crippen LogP contribution in [0.2, 0.25) is 0 Å². The highest BCUT2D eigenvalue weighted by Crippen LogP contribution is 2.21. The minimum Gasteiger partial charge on any atom is -0.481 e. The number of rotatable bonds is 4. The number of nitrogens with one attached hydrogen (secondary N) is 1. The van der Waals surface area contributed by atoms with Crippen LogP contribution < -0.4 is 15.8 Å². The number of nitrogens with two attached hydrogens (primary N) is 1. The zero-order chi connectivity index (χ0) is 16.3. The second-order valence-electron chi connectivity index (χ2n) is 5.32. The number of nitrogens with zero attached hydrogens (tertiary/aromatic N) is 3. The number of ether oxygens (including phenoxy) is 1. The van der Waals surface area contributed by atoms with E-state index >= 15 is 0 Å². The second-order valence-corrected chi connectivity index (χ2v) is 5.32. The molecule has 22 heavy (non-hydrogen) atoms. The van der Waals surface area contributed by atoms with Crippen molar-refractivity contribution in [2.24, 2.45) is 17.8 Å². The number of guanidine groups is 1. The van der Waals surface area contributed by atoms with Crippen LogP contribution in [0.1, 0.15) is 22.4 Å². The first-order chi connectivity index (χ1) is 10.4. The lowest BCUT2D eigenvalue weighted by atomic mass is 10.1. The van der Waals surface area contributed by atoms with Gasteiger partial charge in [0.15, 0.2) is 5.96 Å². The van der Waals surface area contributed by atoms with Crippen molar-refractivity contribution in [1.29, 1.82) is 0 Å². The Morgan fingerprint density at radius 2 is 2.05 bits per heavy atom. The molecule has 0 aliphatic rings. The van der Waals surface area contributed by atoms with Gasteiger partial charge in [-0.3, -0.25) is 0 Å². The Morgan fingerprint density at radius 3 is 2.68 bits per heavy atom. The molecule has 0 spiro atoms. The molecule has 118 valence electrons. The van der Waals surface area contributed by atoms with Crippen LogP contribution in [-0.4, -0.2) is 22.8 Å². The topological polar surface area (TPSA) is 77.5 Å². The van der Waals surface area contributed by atoms with E-state index in [1.165, 1.54) is 11.1 Å². The molecule has 3 N–H and O–H groups in total. The largest absolute Gasteiger partial charge is 0.481 e. The van der Waals surface area contributed by atoms with E-state index in [4.69, 9.17) is 10.5 Å². The second kappa shape index (κ2) is 6.51. The SMILES string of the molecule is COc1c(CN=C(N)Nc2ccc(C)c(C)c2)c(C)nn1C. The zero-order valence-electron chi connectivity index (χ0n) is 13.8. The predicted molar refractivity (Wildman–Crippen MR) is 89.4 cm³/mol. The number of anilines is 1. The van der Waals surface area contributed by atoms with Gasteiger partial charge in [-0.05, 0) is 44.0 Å². The molecule has 0 aliphatic carbocycles. The summed E-state index contributed by atoms with van der Waals surface area (Å²) < 4.78 is 7.05. The summed E-state index contributed by atoms with van der Waals surface area (Å²) in [5.41, 5.74) is 11.2. The van der Waals surface area contributed by atoms with Crippen LogP contribution in [0.25, 0.3) is 0 Å². The molecular formula is C16H23N5O. The number of methoxy groups -OCH3 is 1. The summed E-state index contributed by atoms with van der Waals surface area (Å²) in [6, 6.07) is 6.09. The van der Waals surface area contributed by atoms with Crippen molar-refractivity contribution >= 4 is 11.6 Å². The van der Waals surface area contributed by atoms with Crippen LogP contribution in [0.5, 0.6) is 5.88 Å². The molecule has 0 atom stereocenters. The molecule has 0 unspecified atom stereocenters. The van der Waals surface area contributed by atoms with Crippen LogP contribution in [0, 0.1) is 20.8 Å². The lowest BCUT2D eigenvalue weighted by molar-refractivity contribution is 0.369. The third kappa shape index (κ3) is 3.39. The molecule has 0 radical (unpaired) electrons. The lowest BCUT2D eigenvalue weighted by Gasteiger charge is -2.08. The zero-order valence-corrected chi connectivity index (χ0v) is 13.8. The first-order valence-corrected chi connectivity index (χ1v) is 7.13. The summed E-state index contributed by atoms with van der Waals surface area (Å²) >= 11 is 0. The highest BCUT2D eigenvalue weighted by molar-refractivity contribution is 5.92. The van der Waals surface area contributed by atoms with E-state index in [0.717, 1.165) is 16.9 Å². The van der Waals surface area contributed by atoms with Gasteiger partial charge in [0.2, 0.25) is 5.88 Å². The normalized spacial score (nSPS) is 11.6.